The van der Waals surface area contributed by atoms with E-state index in [1.165, 1.54) is 141 Å². The van der Waals surface area contributed by atoms with Gasteiger partial charge in [0.05, 0.1) is 0 Å². The Bertz CT molecular complexity index is 410. The zero-order valence-electron chi connectivity index (χ0n) is 24.4. The van der Waals surface area contributed by atoms with Crippen LogP contribution in [0, 0.1) is 0 Å². The fraction of sp³-hybridized carbons (Fsp3) is 0.969. The SMILES string of the molecule is CCCCCCCCCCCCCCCC(=O)OOC(C)CCCCCCCCCCCCCC. The number of hydrogen-bond acceptors (Lipinski definition) is 3. The van der Waals surface area contributed by atoms with Gasteiger partial charge in [-0.05, 0) is 19.8 Å². The average molecular weight is 497 g/mol. The molecule has 35 heavy (non-hydrogen) atoms. The van der Waals surface area contributed by atoms with E-state index in [-0.39, 0.29) is 12.1 Å². The van der Waals surface area contributed by atoms with Crippen molar-refractivity contribution in [3.63, 3.8) is 0 Å². The normalized spacial score (nSPS) is 12.2. The molecule has 0 heterocycles. The third-order valence-corrected chi connectivity index (χ3v) is 7.25. The molecule has 0 rings (SSSR count). The minimum Gasteiger partial charge on any atom is -0.298 e. The van der Waals surface area contributed by atoms with Crippen molar-refractivity contribution in [2.24, 2.45) is 0 Å². The molecule has 0 spiro atoms. The molecular weight excluding hydrogens is 432 g/mol. The zero-order chi connectivity index (χ0) is 25.7. The largest absolute Gasteiger partial charge is 0.342 e. The van der Waals surface area contributed by atoms with Crippen molar-refractivity contribution in [2.75, 3.05) is 0 Å². The van der Waals surface area contributed by atoms with Crippen LogP contribution in [0.3, 0.4) is 0 Å². The van der Waals surface area contributed by atoms with E-state index in [1.807, 2.05) is 6.92 Å². The molecule has 0 aromatic carbocycles. The third kappa shape index (κ3) is 29.5. The second-order valence-electron chi connectivity index (χ2n) is 11.0. The zero-order valence-corrected chi connectivity index (χ0v) is 24.4. The van der Waals surface area contributed by atoms with Gasteiger partial charge < -0.3 is 0 Å². The van der Waals surface area contributed by atoms with Crippen molar-refractivity contribution in [3.05, 3.63) is 0 Å². The standard InChI is InChI=1S/C32H64O3/c1-4-6-8-10-12-14-16-18-20-22-24-26-28-30-32(33)35-34-31(3)29-27-25-23-21-19-17-15-13-11-9-7-5-2/h31H,4-30H2,1-3H3. The summed E-state index contributed by atoms with van der Waals surface area (Å²) in [5, 5.41) is 0. The maximum Gasteiger partial charge on any atom is 0.342 e. The van der Waals surface area contributed by atoms with Gasteiger partial charge in [0, 0.05) is 6.42 Å². The van der Waals surface area contributed by atoms with E-state index in [4.69, 9.17) is 9.78 Å². The van der Waals surface area contributed by atoms with Crippen LogP contribution in [0.15, 0.2) is 0 Å². The van der Waals surface area contributed by atoms with Crippen LogP contribution < -0.4 is 0 Å². The maximum atomic E-state index is 11.9. The number of carbonyl (C=O) groups is 1. The first-order valence-electron chi connectivity index (χ1n) is 16.1. The van der Waals surface area contributed by atoms with E-state index in [1.54, 1.807) is 0 Å². The molecule has 0 aliphatic rings. The summed E-state index contributed by atoms with van der Waals surface area (Å²) in [7, 11) is 0. The first-order valence-corrected chi connectivity index (χ1v) is 16.1. The monoisotopic (exact) mass is 496 g/mol. The molecule has 3 heteroatoms. The Hall–Kier alpha value is -0.570. The molecule has 0 amide bonds. The Balaban J connectivity index is 3.28. The van der Waals surface area contributed by atoms with Gasteiger partial charge in [-0.1, -0.05) is 168 Å². The second-order valence-corrected chi connectivity index (χ2v) is 11.0. The lowest BCUT2D eigenvalue weighted by Gasteiger charge is -2.11. The van der Waals surface area contributed by atoms with Crippen molar-refractivity contribution >= 4 is 5.97 Å². The van der Waals surface area contributed by atoms with E-state index >= 15 is 0 Å². The Morgan fingerprint density at radius 2 is 0.800 bits per heavy atom. The molecule has 0 aromatic heterocycles. The highest BCUT2D eigenvalue weighted by atomic mass is 17.2. The van der Waals surface area contributed by atoms with Gasteiger partial charge in [0.1, 0.15) is 6.10 Å². The Labute approximate surface area is 220 Å². The van der Waals surface area contributed by atoms with E-state index < -0.39 is 0 Å². The van der Waals surface area contributed by atoms with Crippen molar-refractivity contribution in [3.8, 4) is 0 Å². The van der Waals surface area contributed by atoms with Gasteiger partial charge in [-0.25, -0.2) is 4.79 Å². The van der Waals surface area contributed by atoms with Crippen LogP contribution in [-0.2, 0) is 14.6 Å². The molecule has 3 nitrogen and oxygen atoms in total. The summed E-state index contributed by atoms with van der Waals surface area (Å²) in [6.07, 6.45) is 34.9. The van der Waals surface area contributed by atoms with E-state index in [9.17, 15) is 4.79 Å². The summed E-state index contributed by atoms with van der Waals surface area (Å²) in [5.74, 6) is -0.199. The van der Waals surface area contributed by atoms with Crippen LogP contribution in [0.4, 0.5) is 0 Å². The highest BCUT2D eigenvalue weighted by molar-refractivity contribution is 5.68. The molecule has 0 aliphatic heterocycles. The molecule has 0 aromatic rings. The predicted molar refractivity (Wildman–Crippen MR) is 153 cm³/mol. The van der Waals surface area contributed by atoms with Gasteiger partial charge in [0.15, 0.2) is 0 Å². The average Bonchev–Trinajstić information content (AvgIpc) is 2.86. The van der Waals surface area contributed by atoms with Gasteiger partial charge in [-0.15, -0.1) is 0 Å². The summed E-state index contributed by atoms with van der Waals surface area (Å²) < 4.78 is 0. The summed E-state index contributed by atoms with van der Waals surface area (Å²) in [6, 6.07) is 0. The van der Waals surface area contributed by atoms with Crippen molar-refractivity contribution in [1.82, 2.24) is 0 Å². The Kier molecular flexibility index (Phi) is 29.2. The van der Waals surface area contributed by atoms with Crippen LogP contribution in [0.25, 0.3) is 0 Å². The minimum atomic E-state index is -0.199. The maximum absolute atomic E-state index is 11.9. The van der Waals surface area contributed by atoms with Gasteiger partial charge in [0.25, 0.3) is 0 Å². The van der Waals surface area contributed by atoms with Crippen molar-refractivity contribution in [1.29, 1.82) is 0 Å². The van der Waals surface area contributed by atoms with Crippen molar-refractivity contribution < 1.29 is 14.6 Å². The fourth-order valence-electron chi connectivity index (χ4n) is 4.79. The summed E-state index contributed by atoms with van der Waals surface area (Å²) in [6.45, 7) is 6.57. The number of carbonyl (C=O) groups excluding carboxylic acids is 1. The van der Waals surface area contributed by atoms with E-state index in [0.717, 1.165) is 25.7 Å². The Morgan fingerprint density at radius 1 is 0.486 bits per heavy atom. The van der Waals surface area contributed by atoms with Gasteiger partial charge in [-0.3, -0.25) is 4.89 Å². The Morgan fingerprint density at radius 3 is 1.17 bits per heavy atom. The smallest absolute Gasteiger partial charge is 0.298 e. The summed E-state index contributed by atoms with van der Waals surface area (Å²) in [4.78, 5) is 22.2. The molecule has 0 aliphatic carbocycles. The van der Waals surface area contributed by atoms with Crippen LogP contribution in [0.1, 0.15) is 194 Å². The number of hydrogen-bond donors (Lipinski definition) is 0. The van der Waals surface area contributed by atoms with Gasteiger partial charge in [-0.2, -0.15) is 4.89 Å². The number of rotatable bonds is 29. The molecule has 0 saturated carbocycles. The predicted octanol–water partition coefficient (Wildman–Crippen LogP) is 11.4. The van der Waals surface area contributed by atoms with Crippen LogP contribution in [-0.4, -0.2) is 12.1 Å². The molecule has 0 fully saturated rings. The highest BCUT2D eigenvalue weighted by Crippen LogP contribution is 2.15. The lowest BCUT2D eigenvalue weighted by atomic mass is 10.0. The molecule has 0 bridgehead atoms. The topological polar surface area (TPSA) is 35.5 Å². The summed E-state index contributed by atoms with van der Waals surface area (Å²) >= 11 is 0. The summed E-state index contributed by atoms with van der Waals surface area (Å²) in [5.41, 5.74) is 0. The van der Waals surface area contributed by atoms with Crippen LogP contribution in [0.5, 0.6) is 0 Å². The lowest BCUT2D eigenvalue weighted by Crippen LogP contribution is -2.13. The van der Waals surface area contributed by atoms with E-state index in [0.29, 0.717) is 6.42 Å². The molecule has 210 valence electrons. The fourth-order valence-corrected chi connectivity index (χ4v) is 4.79. The first kappa shape index (κ1) is 34.4. The molecular formula is C32H64O3. The van der Waals surface area contributed by atoms with E-state index in [2.05, 4.69) is 13.8 Å². The lowest BCUT2D eigenvalue weighted by molar-refractivity contribution is -0.295. The first-order chi connectivity index (χ1) is 17.2. The third-order valence-electron chi connectivity index (χ3n) is 7.25. The molecule has 0 radical (unpaired) electrons. The minimum absolute atomic E-state index is 0.00807. The van der Waals surface area contributed by atoms with Crippen LogP contribution in [0.2, 0.25) is 0 Å². The molecule has 0 N–H and O–H groups in total. The molecule has 0 saturated heterocycles. The van der Waals surface area contributed by atoms with Gasteiger partial charge >= 0.3 is 5.97 Å². The van der Waals surface area contributed by atoms with Crippen LogP contribution >= 0.6 is 0 Å². The number of unbranched alkanes of at least 4 members (excludes halogenated alkanes) is 23. The molecule has 1 atom stereocenters. The van der Waals surface area contributed by atoms with Gasteiger partial charge in [0.2, 0.25) is 0 Å². The van der Waals surface area contributed by atoms with Crippen molar-refractivity contribution in [2.45, 2.75) is 200 Å². The highest BCUT2D eigenvalue weighted by Gasteiger charge is 2.08. The second kappa shape index (κ2) is 29.7. The quantitative estimate of drug-likeness (QED) is 0.0586. The molecule has 1 unspecified atom stereocenters.